The predicted octanol–water partition coefficient (Wildman–Crippen LogP) is 8.38. The van der Waals surface area contributed by atoms with Gasteiger partial charge in [0.2, 0.25) is 0 Å². The second-order valence-corrected chi connectivity index (χ2v) is 9.30. The summed E-state index contributed by atoms with van der Waals surface area (Å²) in [7, 11) is 0. The van der Waals surface area contributed by atoms with Crippen molar-refractivity contribution in [3.8, 4) is 11.1 Å². The van der Waals surface area contributed by atoms with Crippen LogP contribution in [0.3, 0.4) is 0 Å². The average Bonchev–Trinajstić information content (AvgIpc) is 2.71. The van der Waals surface area contributed by atoms with Gasteiger partial charge in [0.1, 0.15) is 5.82 Å². The van der Waals surface area contributed by atoms with Crippen LogP contribution >= 0.6 is 0 Å². The monoisotopic (exact) mass is 376 g/mol. The highest BCUT2D eigenvalue weighted by molar-refractivity contribution is 5.67. The summed E-state index contributed by atoms with van der Waals surface area (Å²) >= 11 is 0. The van der Waals surface area contributed by atoms with Gasteiger partial charge in [0.25, 0.3) is 0 Å². The maximum atomic E-state index is 14.8. The number of rotatable bonds is 3. The number of halogens is 1. The summed E-state index contributed by atoms with van der Waals surface area (Å²) in [4.78, 5) is 0. The molecule has 0 aromatic heterocycles. The summed E-state index contributed by atoms with van der Waals surface area (Å²) in [5.41, 5.74) is 5.58. The average molecular weight is 377 g/mol. The minimum absolute atomic E-state index is 0.113. The van der Waals surface area contributed by atoms with Gasteiger partial charge < -0.3 is 0 Å². The van der Waals surface area contributed by atoms with Crippen molar-refractivity contribution in [2.45, 2.75) is 71.1 Å². The first-order valence-corrected chi connectivity index (χ1v) is 11.2. The van der Waals surface area contributed by atoms with Gasteiger partial charge in [-0.05, 0) is 79.0 Å². The summed E-state index contributed by atoms with van der Waals surface area (Å²) < 4.78 is 14.8. The van der Waals surface area contributed by atoms with Crippen molar-refractivity contribution in [1.82, 2.24) is 0 Å². The minimum Gasteiger partial charge on any atom is -0.206 e. The van der Waals surface area contributed by atoms with Gasteiger partial charge in [0.05, 0.1) is 0 Å². The Labute approximate surface area is 169 Å². The first kappa shape index (κ1) is 19.4. The van der Waals surface area contributed by atoms with Crippen molar-refractivity contribution in [2.24, 2.45) is 11.8 Å². The van der Waals surface area contributed by atoms with E-state index in [-0.39, 0.29) is 5.82 Å². The maximum Gasteiger partial charge on any atom is 0.131 e. The largest absolute Gasteiger partial charge is 0.206 e. The van der Waals surface area contributed by atoms with Crippen molar-refractivity contribution >= 4 is 6.08 Å². The quantitative estimate of drug-likeness (QED) is 0.504. The fourth-order valence-corrected chi connectivity index (χ4v) is 4.90. The molecule has 2 fully saturated rings. The van der Waals surface area contributed by atoms with Crippen LogP contribution in [0.1, 0.15) is 82.3 Å². The second-order valence-electron chi connectivity index (χ2n) is 9.30. The lowest BCUT2D eigenvalue weighted by Gasteiger charge is -2.26. The third kappa shape index (κ3) is 4.57. The van der Waals surface area contributed by atoms with Gasteiger partial charge in [0.15, 0.2) is 0 Å². The molecule has 0 unspecified atom stereocenters. The molecule has 1 heteroatoms. The molecule has 0 heterocycles. The van der Waals surface area contributed by atoms with Crippen molar-refractivity contribution in [2.75, 3.05) is 0 Å². The summed E-state index contributed by atoms with van der Waals surface area (Å²) in [6.45, 7) is 4.68. The SMILES string of the molecule is CC1CCC(=Cc2ccc(-c3ccc(C4CCC(C)CC4)cc3)c(F)c2)CC1. The summed E-state index contributed by atoms with van der Waals surface area (Å²) in [5, 5.41) is 0. The molecule has 28 heavy (non-hydrogen) atoms. The Morgan fingerprint density at radius 1 is 0.786 bits per heavy atom. The van der Waals surface area contributed by atoms with Gasteiger partial charge in [-0.2, -0.15) is 0 Å². The second kappa shape index (κ2) is 8.64. The highest BCUT2D eigenvalue weighted by Crippen LogP contribution is 2.36. The predicted molar refractivity (Wildman–Crippen MR) is 118 cm³/mol. The lowest BCUT2D eigenvalue weighted by molar-refractivity contribution is 0.348. The van der Waals surface area contributed by atoms with Crippen LogP contribution in [0.5, 0.6) is 0 Å². The maximum absolute atomic E-state index is 14.8. The van der Waals surface area contributed by atoms with E-state index < -0.39 is 0 Å². The van der Waals surface area contributed by atoms with E-state index in [1.807, 2.05) is 6.07 Å². The smallest absolute Gasteiger partial charge is 0.131 e. The molecule has 0 amide bonds. The van der Waals surface area contributed by atoms with Gasteiger partial charge in [-0.3, -0.25) is 0 Å². The fourth-order valence-electron chi connectivity index (χ4n) is 4.90. The highest BCUT2D eigenvalue weighted by atomic mass is 19.1. The molecule has 0 aliphatic heterocycles. The zero-order chi connectivity index (χ0) is 19.5. The van der Waals surface area contributed by atoms with E-state index in [0.29, 0.717) is 11.5 Å². The van der Waals surface area contributed by atoms with Crippen LogP contribution < -0.4 is 0 Å². The molecule has 148 valence electrons. The molecule has 0 atom stereocenters. The molecule has 0 nitrogen and oxygen atoms in total. The standard InChI is InChI=1S/C27H33F/c1-19-3-7-21(8-4-19)17-22-9-16-26(27(28)18-22)25-14-12-24(13-15-25)23-10-5-20(2)6-11-23/h9,12-20,23H,3-8,10-11H2,1-2H3. The first-order valence-electron chi connectivity index (χ1n) is 11.2. The summed E-state index contributed by atoms with van der Waals surface area (Å²) in [6, 6.07) is 14.4. The fraction of sp³-hybridized carbons (Fsp3) is 0.481. The molecule has 0 saturated heterocycles. The van der Waals surface area contributed by atoms with E-state index in [4.69, 9.17) is 0 Å². The molecule has 2 aromatic rings. The Hall–Kier alpha value is -1.89. The third-order valence-corrected chi connectivity index (χ3v) is 6.99. The van der Waals surface area contributed by atoms with Crippen LogP contribution in [0.25, 0.3) is 17.2 Å². The first-order chi connectivity index (χ1) is 13.6. The van der Waals surface area contributed by atoms with Crippen LogP contribution in [-0.4, -0.2) is 0 Å². The van der Waals surface area contributed by atoms with E-state index in [1.54, 1.807) is 6.07 Å². The van der Waals surface area contributed by atoms with Crippen LogP contribution in [0.2, 0.25) is 0 Å². The molecule has 4 rings (SSSR count). The van der Waals surface area contributed by atoms with Gasteiger partial charge in [-0.1, -0.05) is 74.7 Å². The summed E-state index contributed by atoms with van der Waals surface area (Å²) in [6.07, 6.45) is 12.3. The highest BCUT2D eigenvalue weighted by Gasteiger charge is 2.19. The topological polar surface area (TPSA) is 0 Å². The zero-order valence-electron chi connectivity index (χ0n) is 17.4. The molecule has 0 spiro atoms. The Bertz CT molecular complexity index is 812. The van der Waals surface area contributed by atoms with Gasteiger partial charge >= 0.3 is 0 Å². The molecule has 2 aromatic carbocycles. The minimum atomic E-state index is -0.113. The third-order valence-electron chi connectivity index (χ3n) is 6.99. The number of allylic oxidation sites excluding steroid dienone is 1. The van der Waals surface area contributed by atoms with Crippen molar-refractivity contribution in [3.63, 3.8) is 0 Å². The van der Waals surface area contributed by atoms with E-state index in [9.17, 15) is 4.39 Å². The molecule has 0 N–H and O–H groups in total. The van der Waals surface area contributed by atoms with Crippen LogP contribution in [0, 0.1) is 17.7 Å². The van der Waals surface area contributed by atoms with Crippen molar-refractivity contribution in [3.05, 3.63) is 65.0 Å². The lowest BCUT2D eigenvalue weighted by atomic mass is 9.79. The number of hydrogen-bond donors (Lipinski definition) is 0. The Morgan fingerprint density at radius 2 is 1.43 bits per heavy atom. The molecule has 2 saturated carbocycles. The van der Waals surface area contributed by atoms with Crippen LogP contribution in [0.15, 0.2) is 48.0 Å². The molecule has 0 bridgehead atoms. The van der Waals surface area contributed by atoms with E-state index >= 15 is 0 Å². The Kier molecular flexibility index (Phi) is 5.99. The molecule has 0 radical (unpaired) electrons. The molecular weight excluding hydrogens is 343 g/mol. The lowest BCUT2D eigenvalue weighted by Crippen LogP contribution is -2.10. The number of hydrogen-bond acceptors (Lipinski definition) is 0. The molecular formula is C27H33F. The number of benzene rings is 2. The van der Waals surface area contributed by atoms with E-state index in [0.717, 1.165) is 35.8 Å². The molecule has 2 aliphatic rings. The van der Waals surface area contributed by atoms with E-state index in [1.165, 1.54) is 49.7 Å². The Balaban J connectivity index is 1.48. The van der Waals surface area contributed by atoms with Crippen molar-refractivity contribution < 1.29 is 4.39 Å². The molecule has 2 aliphatic carbocycles. The van der Waals surface area contributed by atoms with Gasteiger partial charge in [0, 0.05) is 5.56 Å². The van der Waals surface area contributed by atoms with Gasteiger partial charge in [-0.25, -0.2) is 4.39 Å². The summed E-state index contributed by atoms with van der Waals surface area (Å²) in [5.74, 6) is 2.27. The van der Waals surface area contributed by atoms with Crippen LogP contribution in [-0.2, 0) is 0 Å². The normalized spacial score (nSPS) is 25.5. The van der Waals surface area contributed by atoms with Crippen molar-refractivity contribution in [1.29, 1.82) is 0 Å². The van der Waals surface area contributed by atoms with Crippen LogP contribution in [0.4, 0.5) is 4.39 Å². The zero-order valence-corrected chi connectivity index (χ0v) is 17.4. The van der Waals surface area contributed by atoms with E-state index in [2.05, 4.69) is 50.3 Å². The Morgan fingerprint density at radius 3 is 2.07 bits per heavy atom. The van der Waals surface area contributed by atoms with Gasteiger partial charge in [-0.15, -0.1) is 0 Å².